The van der Waals surface area contributed by atoms with Crippen molar-refractivity contribution in [3.63, 3.8) is 0 Å². The van der Waals surface area contributed by atoms with Crippen molar-refractivity contribution < 1.29 is 9.32 Å². The maximum absolute atomic E-state index is 11.7. The Labute approximate surface area is 100 Å². The minimum Gasteiger partial charge on any atom is -0.363 e. The van der Waals surface area contributed by atoms with Crippen LogP contribution in [-0.4, -0.2) is 16.0 Å². The van der Waals surface area contributed by atoms with E-state index in [2.05, 4.69) is 20.0 Å². The summed E-state index contributed by atoms with van der Waals surface area (Å²) in [6, 6.07) is 2.88. The van der Waals surface area contributed by atoms with Crippen molar-refractivity contribution in [1.82, 2.24) is 10.1 Å². The number of aromatic nitrogens is 2. The summed E-state index contributed by atoms with van der Waals surface area (Å²) in [7, 11) is 0. The molecule has 2 heterocycles. The number of amides is 1. The highest BCUT2D eigenvalue weighted by Gasteiger charge is 2.12. The second-order valence-electron chi connectivity index (χ2n) is 2.83. The van der Waals surface area contributed by atoms with Crippen LogP contribution in [0, 0.1) is 0 Å². The topological polar surface area (TPSA) is 68.0 Å². The van der Waals surface area contributed by atoms with Crippen molar-refractivity contribution >= 4 is 34.9 Å². The van der Waals surface area contributed by atoms with E-state index in [1.165, 1.54) is 24.6 Å². The Morgan fingerprint density at radius 3 is 2.94 bits per heavy atom. The Hall–Kier alpha value is -1.59. The Morgan fingerprint density at radius 2 is 2.25 bits per heavy atom. The molecule has 0 fully saturated rings. The van der Waals surface area contributed by atoms with Gasteiger partial charge in [-0.25, -0.2) is 4.98 Å². The third-order valence-electron chi connectivity index (χ3n) is 1.75. The van der Waals surface area contributed by atoms with Crippen LogP contribution in [0.3, 0.4) is 0 Å². The second kappa shape index (κ2) is 4.51. The summed E-state index contributed by atoms with van der Waals surface area (Å²) < 4.78 is 4.57. The fraction of sp³-hybridized carbons (Fsp3) is 0. The molecule has 0 spiro atoms. The molecular formula is C9H5Cl2N3O2. The quantitative estimate of drug-likeness (QED) is 0.840. The molecule has 16 heavy (non-hydrogen) atoms. The van der Waals surface area contributed by atoms with Crippen molar-refractivity contribution in [3.05, 3.63) is 40.3 Å². The van der Waals surface area contributed by atoms with E-state index in [0.29, 0.717) is 5.82 Å². The maximum Gasteiger partial charge on any atom is 0.258 e. The van der Waals surface area contributed by atoms with Crippen molar-refractivity contribution in [1.29, 1.82) is 0 Å². The van der Waals surface area contributed by atoms with E-state index in [9.17, 15) is 4.79 Å². The SMILES string of the molecule is O=C(Nc1ccon1)c1cc(Cl)ncc1Cl. The number of nitrogens with one attached hydrogen (secondary N) is 1. The van der Waals surface area contributed by atoms with E-state index in [1.807, 2.05) is 0 Å². The molecule has 0 aromatic carbocycles. The first-order valence-corrected chi connectivity index (χ1v) is 4.95. The normalized spacial score (nSPS) is 10.1. The lowest BCUT2D eigenvalue weighted by Gasteiger charge is -2.03. The van der Waals surface area contributed by atoms with Crippen molar-refractivity contribution in [3.8, 4) is 0 Å². The first-order valence-electron chi connectivity index (χ1n) is 4.19. The zero-order chi connectivity index (χ0) is 11.5. The Kier molecular flexibility index (Phi) is 3.07. The molecular weight excluding hydrogens is 253 g/mol. The van der Waals surface area contributed by atoms with E-state index < -0.39 is 5.91 Å². The predicted molar refractivity (Wildman–Crippen MR) is 58.7 cm³/mol. The van der Waals surface area contributed by atoms with Gasteiger partial charge in [0.15, 0.2) is 5.82 Å². The molecule has 0 aliphatic carbocycles. The van der Waals surface area contributed by atoms with Crippen LogP contribution in [0.4, 0.5) is 5.82 Å². The van der Waals surface area contributed by atoms with Gasteiger partial charge in [0.2, 0.25) is 0 Å². The van der Waals surface area contributed by atoms with Crippen LogP contribution in [0.15, 0.2) is 29.1 Å². The smallest absolute Gasteiger partial charge is 0.258 e. The minimum atomic E-state index is -0.428. The van der Waals surface area contributed by atoms with Crippen LogP contribution in [0.25, 0.3) is 0 Å². The maximum atomic E-state index is 11.7. The van der Waals surface area contributed by atoms with Gasteiger partial charge >= 0.3 is 0 Å². The van der Waals surface area contributed by atoms with Crippen molar-refractivity contribution in [2.75, 3.05) is 5.32 Å². The van der Waals surface area contributed by atoms with Gasteiger partial charge in [-0.2, -0.15) is 0 Å². The highest BCUT2D eigenvalue weighted by molar-refractivity contribution is 6.35. The first-order chi connectivity index (χ1) is 7.66. The predicted octanol–water partition coefficient (Wildman–Crippen LogP) is 2.63. The van der Waals surface area contributed by atoms with Crippen LogP contribution in [0.1, 0.15) is 10.4 Å². The van der Waals surface area contributed by atoms with Gasteiger partial charge in [0, 0.05) is 12.3 Å². The molecule has 0 aliphatic rings. The molecule has 82 valence electrons. The zero-order valence-corrected chi connectivity index (χ0v) is 9.29. The summed E-state index contributed by atoms with van der Waals surface area (Å²) in [5.74, 6) is -0.128. The second-order valence-corrected chi connectivity index (χ2v) is 3.62. The summed E-state index contributed by atoms with van der Waals surface area (Å²) in [5, 5.41) is 6.43. The highest BCUT2D eigenvalue weighted by Crippen LogP contribution is 2.19. The van der Waals surface area contributed by atoms with Crippen LogP contribution in [-0.2, 0) is 0 Å². The molecule has 2 aromatic heterocycles. The van der Waals surface area contributed by atoms with Crippen LogP contribution in [0.5, 0.6) is 0 Å². The van der Waals surface area contributed by atoms with E-state index in [1.54, 1.807) is 0 Å². The Bertz CT molecular complexity index is 513. The van der Waals surface area contributed by atoms with E-state index in [4.69, 9.17) is 23.2 Å². The number of hydrogen-bond donors (Lipinski definition) is 1. The molecule has 2 aromatic rings. The molecule has 7 heteroatoms. The summed E-state index contributed by atoms with van der Waals surface area (Å²) in [6.07, 6.45) is 2.65. The van der Waals surface area contributed by atoms with Crippen LogP contribution in [0.2, 0.25) is 10.2 Å². The van der Waals surface area contributed by atoms with Gasteiger partial charge in [-0.3, -0.25) is 4.79 Å². The molecule has 5 nitrogen and oxygen atoms in total. The van der Waals surface area contributed by atoms with Gasteiger partial charge in [-0.1, -0.05) is 28.4 Å². The number of hydrogen-bond acceptors (Lipinski definition) is 4. The number of halogens is 2. The number of carbonyl (C=O) groups excluding carboxylic acids is 1. The Balaban J connectivity index is 2.24. The van der Waals surface area contributed by atoms with Gasteiger partial charge in [-0.15, -0.1) is 0 Å². The van der Waals surface area contributed by atoms with Crippen molar-refractivity contribution in [2.24, 2.45) is 0 Å². The molecule has 1 amide bonds. The monoisotopic (exact) mass is 257 g/mol. The highest BCUT2D eigenvalue weighted by atomic mass is 35.5. The standard InChI is InChI=1S/C9H5Cl2N3O2/c10-6-4-12-7(11)3-5(6)9(15)13-8-1-2-16-14-8/h1-4H,(H,13,14,15). The summed E-state index contributed by atoms with van der Waals surface area (Å²) >= 11 is 11.5. The van der Waals surface area contributed by atoms with E-state index in [0.717, 1.165) is 0 Å². The van der Waals surface area contributed by atoms with Gasteiger partial charge in [0.05, 0.1) is 10.6 Å². The van der Waals surface area contributed by atoms with Gasteiger partial charge in [0.25, 0.3) is 5.91 Å². The average molecular weight is 258 g/mol. The summed E-state index contributed by atoms with van der Waals surface area (Å²) in [5.41, 5.74) is 0.227. The molecule has 0 saturated carbocycles. The number of rotatable bonds is 2. The molecule has 1 N–H and O–H groups in total. The number of pyridine rings is 1. The lowest BCUT2D eigenvalue weighted by molar-refractivity contribution is 0.102. The third-order valence-corrected chi connectivity index (χ3v) is 2.25. The van der Waals surface area contributed by atoms with Crippen LogP contribution >= 0.6 is 23.2 Å². The average Bonchev–Trinajstić information content (AvgIpc) is 2.74. The lowest BCUT2D eigenvalue weighted by Crippen LogP contribution is -2.12. The first kappa shape index (κ1) is 10.9. The molecule has 0 saturated heterocycles. The van der Waals surface area contributed by atoms with Crippen molar-refractivity contribution in [2.45, 2.75) is 0 Å². The zero-order valence-electron chi connectivity index (χ0n) is 7.78. The Morgan fingerprint density at radius 1 is 1.44 bits per heavy atom. The number of nitrogens with zero attached hydrogens (tertiary/aromatic N) is 2. The third kappa shape index (κ3) is 2.32. The van der Waals surface area contributed by atoms with E-state index >= 15 is 0 Å². The molecule has 2 rings (SSSR count). The van der Waals surface area contributed by atoms with Crippen LogP contribution < -0.4 is 5.32 Å². The largest absolute Gasteiger partial charge is 0.363 e. The molecule has 0 unspecified atom stereocenters. The minimum absolute atomic E-state index is 0.190. The van der Waals surface area contributed by atoms with Gasteiger partial charge in [-0.05, 0) is 6.07 Å². The fourth-order valence-electron chi connectivity index (χ4n) is 1.05. The number of carbonyl (C=O) groups is 1. The molecule has 0 bridgehead atoms. The molecule has 0 radical (unpaired) electrons. The van der Waals surface area contributed by atoms with Gasteiger partial charge in [0.1, 0.15) is 11.4 Å². The molecule has 0 atom stereocenters. The lowest BCUT2D eigenvalue weighted by atomic mass is 10.2. The molecule has 0 aliphatic heterocycles. The fourth-order valence-corrected chi connectivity index (χ4v) is 1.39. The van der Waals surface area contributed by atoms with Gasteiger partial charge < -0.3 is 9.84 Å². The van der Waals surface area contributed by atoms with E-state index in [-0.39, 0.29) is 15.7 Å². The summed E-state index contributed by atoms with van der Waals surface area (Å²) in [6.45, 7) is 0. The summed E-state index contributed by atoms with van der Waals surface area (Å²) in [4.78, 5) is 15.5. The number of anilines is 1.